The van der Waals surface area contributed by atoms with Crippen molar-refractivity contribution >= 4 is 21.7 Å². The standard InChI is InChI=1S/C10H7BrFNO/c1-6-2-7(5-13)10(8(12)3-6)9(14)4-11/h2-3H,4H2,1H3. The van der Waals surface area contributed by atoms with Crippen LogP contribution in [0.2, 0.25) is 0 Å². The molecule has 0 unspecified atom stereocenters. The summed E-state index contributed by atoms with van der Waals surface area (Å²) < 4.78 is 13.3. The Morgan fingerprint density at radius 3 is 2.79 bits per heavy atom. The van der Waals surface area contributed by atoms with Gasteiger partial charge >= 0.3 is 0 Å². The monoisotopic (exact) mass is 255 g/mol. The van der Waals surface area contributed by atoms with E-state index in [1.807, 2.05) is 6.07 Å². The predicted octanol–water partition coefficient (Wildman–Crippen LogP) is 2.58. The maximum Gasteiger partial charge on any atom is 0.177 e. The van der Waals surface area contributed by atoms with Crippen molar-refractivity contribution in [3.63, 3.8) is 0 Å². The van der Waals surface area contributed by atoms with Gasteiger partial charge in [-0.25, -0.2) is 4.39 Å². The molecule has 1 rings (SSSR count). The SMILES string of the molecule is Cc1cc(F)c(C(=O)CBr)c(C#N)c1. The van der Waals surface area contributed by atoms with Crippen molar-refractivity contribution in [3.05, 3.63) is 34.6 Å². The third-order valence-electron chi connectivity index (χ3n) is 1.76. The number of rotatable bonds is 2. The van der Waals surface area contributed by atoms with Gasteiger partial charge in [0, 0.05) is 0 Å². The van der Waals surface area contributed by atoms with Crippen LogP contribution in [0.4, 0.5) is 4.39 Å². The summed E-state index contributed by atoms with van der Waals surface area (Å²) in [5.74, 6) is -1.05. The Morgan fingerprint density at radius 1 is 1.64 bits per heavy atom. The quantitative estimate of drug-likeness (QED) is 0.602. The van der Waals surface area contributed by atoms with Gasteiger partial charge in [0.1, 0.15) is 11.9 Å². The van der Waals surface area contributed by atoms with Crippen LogP contribution in [0.1, 0.15) is 21.5 Å². The summed E-state index contributed by atoms with van der Waals surface area (Å²) in [6.45, 7) is 1.67. The minimum absolute atomic E-state index is 0.0155. The van der Waals surface area contributed by atoms with Crippen LogP contribution in [-0.2, 0) is 0 Å². The van der Waals surface area contributed by atoms with Crippen molar-refractivity contribution in [2.45, 2.75) is 6.92 Å². The van der Waals surface area contributed by atoms with Crippen LogP contribution < -0.4 is 0 Å². The number of carbonyl (C=O) groups excluding carboxylic acids is 1. The van der Waals surface area contributed by atoms with Crippen LogP contribution in [0, 0.1) is 24.1 Å². The number of ketones is 1. The lowest BCUT2D eigenvalue weighted by Crippen LogP contribution is -2.07. The fourth-order valence-electron chi connectivity index (χ4n) is 1.18. The molecule has 1 aromatic carbocycles. The number of benzene rings is 1. The smallest absolute Gasteiger partial charge is 0.177 e. The van der Waals surface area contributed by atoms with Crippen molar-refractivity contribution in [2.24, 2.45) is 0 Å². The van der Waals surface area contributed by atoms with Gasteiger partial charge in [-0.1, -0.05) is 15.9 Å². The minimum atomic E-state index is -0.633. The molecular weight excluding hydrogens is 249 g/mol. The molecule has 4 heteroatoms. The van der Waals surface area contributed by atoms with Gasteiger partial charge < -0.3 is 0 Å². The van der Waals surface area contributed by atoms with Gasteiger partial charge in [0.2, 0.25) is 0 Å². The highest BCUT2D eigenvalue weighted by Gasteiger charge is 2.16. The number of carbonyl (C=O) groups is 1. The molecule has 0 atom stereocenters. The topological polar surface area (TPSA) is 40.9 Å². The first-order valence-corrected chi connectivity index (χ1v) is 5.01. The maximum atomic E-state index is 13.3. The van der Waals surface area contributed by atoms with E-state index < -0.39 is 11.6 Å². The van der Waals surface area contributed by atoms with Crippen LogP contribution in [0.5, 0.6) is 0 Å². The second-order valence-electron chi connectivity index (χ2n) is 2.84. The lowest BCUT2D eigenvalue weighted by Gasteiger charge is -2.03. The number of alkyl halides is 1. The lowest BCUT2D eigenvalue weighted by atomic mass is 10.0. The molecular formula is C10H7BrFNO. The summed E-state index contributed by atoms with van der Waals surface area (Å²) >= 11 is 2.94. The first kappa shape index (κ1) is 10.9. The maximum absolute atomic E-state index is 13.3. The van der Waals surface area contributed by atoms with Crippen molar-refractivity contribution in [1.29, 1.82) is 5.26 Å². The van der Waals surface area contributed by atoms with Crippen molar-refractivity contribution in [3.8, 4) is 6.07 Å². The molecule has 0 fully saturated rings. The summed E-state index contributed by atoms with van der Waals surface area (Å²) in [5, 5.41) is 8.74. The zero-order valence-electron chi connectivity index (χ0n) is 7.47. The van der Waals surface area contributed by atoms with E-state index in [0.29, 0.717) is 5.56 Å². The van der Waals surface area contributed by atoms with Gasteiger partial charge in [0.15, 0.2) is 5.78 Å². The molecule has 72 valence electrons. The van der Waals surface area contributed by atoms with Crippen LogP contribution in [0.25, 0.3) is 0 Å². The number of halogens is 2. The average molecular weight is 256 g/mol. The number of nitriles is 1. The number of aryl methyl sites for hydroxylation is 1. The molecule has 0 N–H and O–H groups in total. The summed E-state index contributed by atoms with van der Waals surface area (Å²) in [7, 11) is 0. The lowest BCUT2D eigenvalue weighted by molar-refractivity contribution is 0.102. The third kappa shape index (κ3) is 1.99. The fourth-order valence-corrected chi connectivity index (χ4v) is 1.46. The van der Waals surface area contributed by atoms with E-state index in [4.69, 9.17) is 5.26 Å². The van der Waals surface area contributed by atoms with Crippen LogP contribution in [0.15, 0.2) is 12.1 Å². The summed E-state index contributed by atoms with van der Waals surface area (Å²) in [4.78, 5) is 11.3. The van der Waals surface area contributed by atoms with E-state index in [-0.39, 0.29) is 16.5 Å². The largest absolute Gasteiger partial charge is 0.293 e. The van der Waals surface area contributed by atoms with E-state index in [2.05, 4.69) is 15.9 Å². The third-order valence-corrected chi connectivity index (χ3v) is 2.26. The molecule has 0 radical (unpaired) electrons. The highest BCUT2D eigenvalue weighted by Crippen LogP contribution is 2.17. The number of Topliss-reactive ketones (excluding diaryl/α,β-unsaturated/α-hetero) is 1. The van der Waals surface area contributed by atoms with E-state index in [0.717, 1.165) is 0 Å². The van der Waals surface area contributed by atoms with Gasteiger partial charge in [0.25, 0.3) is 0 Å². The van der Waals surface area contributed by atoms with E-state index in [9.17, 15) is 9.18 Å². The van der Waals surface area contributed by atoms with Crippen molar-refractivity contribution in [2.75, 3.05) is 5.33 Å². The second-order valence-corrected chi connectivity index (χ2v) is 3.40. The molecule has 0 spiro atoms. The average Bonchev–Trinajstić information content (AvgIpc) is 2.15. The zero-order chi connectivity index (χ0) is 10.7. The van der Waals surface area contributed by atoms with Gasteiger partial charge in [-0.05, 0) is 24.6 Å². The van der Waals surface area contributed by atoms with Crippen LogP contribution >= 0.6 is 15.9 Å². The molecule has 0 heterocycles. The normalized spacial score (nSPS) is 9.57. The van der Waals surface area contributed by atoms with E-state index in [1.54, 1.807) is 6.92 Å². The Labute approximate surface area is 89.5 Å². The van der Waals surface area contributed by atoms with Crippen LogP contribution in [-0.4, -0.2) is 11.1 Å². The molecule has 0 saturated heterocycles. The van der Waals surface area contributed by atoms with E-state index >= 15 is 0 Å². The summed E-state index contributed by atoms with van der Waals surface area (Å²) in [6.07, 6.45) is 0. The highest BCUT2D eigenvalue weighted by molar-refractivity contribution is 9.09. The fraction of sp³-hybridized carbons (Fsp3) is 0.200. The zero-order valence-corrected chi connectivity index (χ0v) is 9.06. The van der Waals surface area contributed by atoms with Crippen molar-refractivity contribution in [1.82, 2.24) is 0 Å². The molecule has 2 nitrogen and oxygen atoms in total. The molecule has 14 heavy (non-hydrogen) atoms. The number of hydrogen-bond donors (Lipinski definition) is 0. The Balaban J connectivity index is 3.42. The van der Waals surface area contributed by atoms with Crippen LogP contribution in [0.3, 0.4) is 0 Å². The van der Waals surface area contributed by atoms with Gasteiger partial charge in [-0.15, -0.1) is 0 Å². The number of nitrogens with zero attached hydrogens (tertiary/aromatic N) is 1. The Bertz CT molecular complexity index is 423. The molecule has 0 bridgehead atoms. The van der Waals surface area contributed by atoms with Gasteiger partial charge in [0.05, 0.1) is 16.5 Å². The van der Waals surface area contributed by atoms with Gasteiger partial charge in [-0.3, -0.25) is 4.79 Å². The minimum Gasteiger partial charge on any atom is -0.293 e. The second kappa shape index (κ2) is 4.34. The van der Waals surface area contributed by atoms with Gasteiger partial charge in [-0.2, -0.15) is 5.26 Å². The Morgan fingerprint density at radius 2 is 2.29 bits per heavy atom. The van der Waals surface area contributed by atoms with E-state index in [1.165, 1.54) is 12.1 Å². The molecule has 0 aliphatic rings. The Kier molecular flexibility index (Phi) is 3.37. The molecule has 0 saturated carbocycles. The summed E-state index contributed by atoms with van der Waals surface area (Å²) in [6, 6.07) is 4.56. The molecule has 0 amide bonds. The molecule has 0 aliphatic carbocycles. The Hall–Kier alpha value is -1.21. The first-order valence-electron chi connectivity index (χ1n) is 3.89. The molecule has 0 aromatic heterocycles. The predicted molar refractivity (Wildman–Crippen MR) is 54.0 cm³/mol. The number of hydrogen-bond acceptors (Lipinski definition) is 2. The highest BCUT2D eigenvalue weighted by atomic mass is 79.9. The molecule has 1 aromatic rings. The summed E-state index contributed by atoms with van der Waals surface area (Å²) in [5.41, 5.74) is 0.590. The van der Waals surface area contributed by atoms with Crippen molar-refractivity contribution < 1.29 is 9.18 Å². The molecule has 0 aliphatic heterocycles. The first-order chi connectivity index (χ1) is 6.60.